The second-order valence-corrected chi connectivity index (χ2v) is 5.63. The van der Waals surface area contributed by atoms with E-state index < -0.39 is 6.10 Å². The first-order valence-electron chi connectivity index (χ1n) is 7.70. The lowest BCUT2D eigenvalue weighted by molar-refractivity contribution is 0.145. The number of para-hydroxylation sites is 1. The van der Waals surface area contributed by atoms with Crippen molar-refractivity contribution in [2.45, 2.75) is 39.2 Å². The lowest BCUT2D eigenvalue weighted by Gasteiger charge is -2.17. The quantitative estimate of drug-likeness (QED) is 0.743. The largest absolute Gasteiger partial charge is 0.457 e. The van der Waals surface area contributed by atoms with Gasteiger partial charge in [0.25, 0.3) is 0 Å². The van der Waals surface area contributed by atoms with Crippen LogP contribution >= 0.6 is 0 Å². The Morgan fingerprint density at radius 2 is 1.71 bits per heavy atom. The highest BCUT2D eigenvalue weighted by atomic mass is 16.5. The zero-order valence-electron chi connectivity index (χ0n) is 12.8. The molecule has 0 aromatic heterocycles. The molecular weight excluding hydrogens is 260 g/mol. The Morgan fingerprint density at radius 1 is 1.00 bits per heavy atom. The van der Waals surface area contributed by atoms with Gasteiger partial charge in [-0.05, 0) is 42.2 Å². The molecule has 0 saturated carbocycles. The van der Waals surface area contributed by atoms with Crippen molar-refractivity contribution >= 4 is 0 Å². The Hall–Kier alpha value is -1.80. The van der Waals surface area contributed by atoms with Crippen LogP contribution in [-0.2, 0) is 0 Å². The molecule has 0 aliphatic heterocycles. The molecule has 2 nitrogen and oxygen atoms in total. The number of hydrogen-bond acceptors (Lipinski definition) is 2. The SMILES string of the molecule is CCCC(C)CC(O)c1cccc(Oc2ccccc2)c1. The molecule has 2 aromatic carbocycles. The molecule has 2 heteroatoms. The van der Waals surface area contributed by atoms with Crippen LogP contribution in [0.4, 0.5) is 0 Å². The average molecular weight is 284 g/mol. The summed E-state index contributed by atoms with van der Waals surface area (Å²) in [6.45, 7) is 4.37. The third-order valence-corrected chi connectivity index (χ3v) is 3.63. The molecule has 2 aromatic rings. The summed E-state index contributed by atoms with van der Waals surface area (Å²) in [5.41, 5.74) is 0.923. The van der Waals surface area contributed by atoms with E-state index >= 15 is 0 Å². The van der Waals surface area contributed by atoms with Crippen LogP contribution in [0.1, 0.15) is 44.8 Å². The van der Waals surface area contributed by atoms with Crippen LogP contribution in [-0.4, -0.2) is 5.11 Å². The van der Waals surface area contributed by atoms with E-state index in [0.29, 0.717) is 5.92 Å². The van der Waals surface area contributed by atoms with Gasteiger partial charge in [0.2, 0.25) is 0 Å². The van der Waals surface area contributed by atoms with E-state index in [1.807, 2.05) is 54.6 Å². The highest BCUT2D eigenvalue weighted by molar-refractivity contribution is 5.34. The van der Waals surface area contributed by atoms with Crippen molar-refractivity contribution in [2.24, 2.45) is 5.92 Å². The van der Waals surface area contributed by atoms with Gasteiger partial charge < -0.3 is 9.84 Å². The summed E-state index contributed by atoms with van der Waals surface area (Å²) in [6.07, 6.45) is 2.68. The maximum absolute atomic E-state index is 10.4. The van der Waals surface area contributed by atoms with Crippen molar-refractivity contribution in [1.82, 2.24) is 0 Å². The van der Waals surface area contributed by atoms with Crippen LogP contribution in [0.25, 0.3) is 0 Å². The zero-order valence-corrected chi connectivity index (χ0v) is 12.8. The topological polar surface area (TPSA) is 29.5 Å². The summed E-state index contributed by atoms with van der Waals surface area (Å²) in [7, 11) is 0. The third kappa shape index (κ3) is 4.91. The number of benzene rings is 2. The summed E-state index contributed by atoms with van der Waals surface area (Å²) < 4.78 is 5.81. The van der Waals surface area contributed by atoms with Gasteiger partial charge in [0.05, 0.1) is 6.10 Å². The Balaban J connectivity index is 2.03. The lowest BCUT2D eigenvalue weighted by atomic mass is 9.95. The van der Waals surface area contributed by atoms with Gasteiger partial charge in [-0.2, -0.15) is 0 Å². The van der Waals surface area contributed by atoms with Crippen molar-refractivity contribution in [3.63, 3.8) is 0 Å². The molecule has 0 amide bonds. The first-order valence-corrected chi connectivity index (χ1v) is 7.70. The third-order valence-electron chi connectivity index (χ3n) is 3.63. The van der Waals surface area contributed by atoms with E-state index in [1.54, 1.807) is 0 Å². The first-order chi connectivity index (χ1) is 10.2. The number of aliphatic hydroxyl groups excluding tert-OH is 1. The molecule has 0 heterocycles. The highest BCUT2D eigenvalue weighted by Crippen LogP contribution is 2.28. The Morgan fingerprint density at radius 3 is 2.43 bits per heavy atom. The monoisotopic (exact) mass is 284 g/mol. The molecular formula is C19H24O2. The average Bonchev–Trinajstić information content (AvgIpc) is 2.49. The van der Waals surface area contributed by atoms with Crippen LogP contribution in [0, 0.1) is 5.92 Å². The van der Waals surface area contributed by atoms with E-state index in [2.05, 4.69) is 13.8 Å². The van der Waals surface area contributed by atoms with E-state index in [-0.39, 0.29) is 0 Å². The number of hydrogen-bond donors (Lipinski definition) is 1. The minimum absolute atomic E-state index is 0.425. The number of rotatable bonds is 7. The summed E-state index contributed by atoms with van der Waals surface area (Å²) in [5.74, 6) is 2.10. The fraction of sp³-hybridized carbons (Fsp3) is 0.368. The van der Waals surface area contributed by atoms with Gasteiger partial charge in [-0.1, -0.05) is 57.0 Å². The van der Waals surface area contributed by atoms with Crippen molar-refractivity contribution in [3.8, 4) is 11.5 Å². The second kappa shape index (κ2) is 7.84. The fourth-order valence-corrected chi connectivity index (χ4v) is 2.54. The fourth-order valence-electron chi connectivity index (χ4n) is 2.54. The van der Waals surface area contributed by atoms with E-state index in [1.165, 1.54) is 0 Å². The zero-order chi connectivity index (χ0) is 15.1. The van der Waals surface area contributed by atoms with E-state index in [0.717, 1.165) is 36.3 Å². The predicted octanol–water partition coefficient (Wildman–Crippen LogP) is 5.34. The Labute approximate surface area is 127 Å². The normalized spacial score (nSPS) is 13.7. The van der Waals surface area contributed by atoms with E-state index in [4.69, 9.17) is 4.74 Å². The van der Waals surface area contributed by atoms with Crippen molar-refractivity contribution in [3.05, 3.63) is 60.2 Å². The van der Waals surface area contributed by atoms with Gasteiger partial charge in [0.1, 0.15) is 11.5 Å². The molecule has 0 aliphatic rings. The summed E-state index contributed by atoms with van der Waals surface area (Å²) in [4.78, 5) is 0. The first kappa shape index (κ1) is 15.6. The predicted molar refractivity (Wildman–Crippen MR) is 86.6 cm³/mol. The number of ether oxygens (including phenoxy) is 1. The minimum Gasteiger partial charge on any atom is -0.457 e. The molecule has 112 valence electrons. The summed E-state index contributed by atoms with van der Waals surface area (Å²) >= 11 is 0. The van der Waals surface area contributed by atoms with Crippen molar-refractivity contribution in [2.75, 3.05) is 0 Å². The van der Waals surface area contributed by atoms with Crippen molar-refractivity contribution in [1.29, 1.82) is 0 Å². The summed E-state index contributed by atoms with van der Waals surface area (Å²) in [5, 5.41) is 10.4. The highest BCUT2D eigenvalue weighted by Gasteiger charge is 2.12. The maximum atomic E-state index is 10.4. The molecule has 0 radical (unpaired) electrons. The Bertz CT molecular complexity index is 536. The molecule has 0 fully saturated rings. The van der Waals surface area contributed by atoms with Gasteiger partial charge in [0.15, 0.2) is 0 Å². The van der Waals surface area contributed by atoms with Crippen LogP contribution in [0.5, 0.6) is 11.5 Å². The molecule has 2 unspecified atom stereocenters. The van der Waals surface area contributed by atoms with Gasteiger partial charge in [-0.15, -0.1) is 0 Å². The van der Waals surface area contributed by atoms with Gasteiger partial charge in [-0.25, -0.2) is 0 Å². The molecule has 0 spiro atoms. The second-order valence-electron chi connectivity index (χ2n) is 5.63. The smallest absolute Gasteiger partial charge is 0.127 e. The molecule has 0 aliphatic carbocycles. The maximum Gasteiger partial charge on any atom is 0.127 e. The summed E-state index contributed by atoms with van der Waals surface area (Å²) in [6, 6.07) is 17.4. The minimum atomic E-state index is -0.425. The Kier molecular flexibility index (Phi) is 5.82. The molecule has 2 atom stereocenters. The molecule has 0 saturated heterocycles. The van der Waals surface area contributed by atoms with Gasteiger partial charge in [0, 0.05) is 0 Å². The van der Waals surface area contributed by atoms with Crippen LogP contribution in [0.15, 0.2) is 54.6 Å². The van der Waals surface area contributed by atoms with Gasteiger partial charge >= 0.3 is 0 Å². The molecule has 1 N–H and O–H groups in total. The van der Waals surface area contributed by atoms with Crippen LogP contribution in [0.3, 0.4) is 0 Å². The molecule has 0 bridgehead atoms. The van der Waals surface area contributed by atoms with E-state index in [9.17, 15) is 5.11 Å². The molecule has 21 heavy (non-hydrogen) atoms. The van der Waals surface area contributed by atoms with Crippen LogP contribution in [0.2, 0.25) is 0 Å². The standard InChI is InChI=1S/C19H24O2/c1-3-8-15(2)13-19(20)16-9-7-12-18(14-16)21-17-10-5-4-6-11-17/h4-7,9-12,14-15,19-20H,3,8,13H2,1-2H3. The van der Waals surface area contributed by atoms with Crippen LogP contribution < -0.4 is 4.74 Å². The van der Waals surface area contributed by atoms with Gasteiger partial charge in [-0.3, -0.25) is 0 Å². The number of aliphatic hydroxyl groups is 1. The molecule has 2 rings (SSSR count). The lowest BCUT2D eigenvalue weighted by Crippen LogP contribution is -2.04. The van der Waals surface area contributed by atoms with Crippen molar-refractivity contribution < 1.29 is 9.84 Å².